The number of ether oxygens (including phenoxy) is 2. The molecule has 0 bridgehead atoms. The normalized spacial score (nSPS) is 10.7. The summed E-state index contributed by atoms with van der Waals surface area (Å²) in [5, 5.41) is 8.01. The Morgan fingerprint density at radius 2 is 1.25 bits per heavy atom. The van der Waals surface area contributed by atoms with Crippen molar-refractivity contribution in [2.45, 2.75) is 0 Å². The van der Waals surface area contributed by atoms with E-state index in [0.29, 0.717) is 48.9 Å². The fourth-order valence-corrected chi connectivity index (χ4v) is 3.04. The summed E-state index contributed by atoms with van der Waals surface area (Å²) in [7, 11) is 0. The number of halogens is 1. The molecule has 36 heavy (non-hydrogen) atoms. The average Bonchev–Trinajstić information content (AvgIpc) is 2.89. The molecule has 0 radical (unpaired) electrons. The van der Waals surface area contributed by atoms with E-state index < -0.39 is 16.6 Å². The fourth-order valence-electron chi connectivity index (χ4n) is 3.04. The number of hydrogen-bond donors (Lipinski definition) is 4. The topological polar surface area (TPSA) is 158 Å². The Balaban J connectivity index is 1.23. The fraction of sp³-hybridized carbons (Fsp3) is 0.250. The summed E-state index contributed by atoms with van der Waals surface area (Å²) in [6.45, 7) is 1.89. The lowest BCUT2D eigenvalue weighted by molar-refractivity contribution is -0.00801. The van der Waals surface area contributed by atoms with Crippen molar-refractivity contribution in [3.8, 4) is 5.75 Å². The van der Waals surface area contributed by atoms with Gasteiger partial charge in [-0.15, -0.1) is 0 Å². The van der Waals surface area contributed by atoms with Crippen molar-refractivity contribution >= 4 is 28.9 Å². The van der Waals surface area contributed by atoms with Gasteiger partial charge < -0.3 is 31.2 Å². The zero-order valence-corrected chi connectivity index (χ0v) is 19.2. The third-order valence-corrected chi connectivity index (χ3v) is 4.97. The van der Waals surface area contributed by atoms with Gasteiger partial charge in [0.2, 0.25) is 0 Å². The molecule has 0 aliphatic heterocycles. The van der Waals surface area contributed by atoms with Gasteiger partial charge in [0.1, 0.15) is 5.69 Å². The third-order valence-electron chi connectivity index (χ3n) is 4.97. The molecule has 0 spiro atoms. The lowest BCUT2D eigenvalue weighted by Crippen LogP contribution is -2.33. The number of anilines is 3. The summed E-state index contributed by atoms with van der Waals surface area (Å²) >= 11 is 0. The summed E-state index contributed by atoms with van der Waals surface area (Å²) < 4.78 is 23.1. The molecule has 0 atom stereocenters. The molecule has 190 valence electrons. The lowest BCUT2D eigenvalue weighted by atomic mass is 10.1. The second-order valence-corrected chi connectivity index (χ2v) is 7.50. The summed E-state index contributed by atoms with van der Waals surface area (Å²) in [6.07, 6.45) is 0. The predicted molar refractivity (Wildman–Crippen MR) is 130 cm³/mol. The summed E-state index contributed by atoms with van der Waals surface area (Å²) in [6, 6.07) is 12.6. The molecular weight excluding hydrogens is 475 g/mol. The van der Waals surface area contributed by atoms with Crippen LogP contribution in [0.5, 0.6) is 5.75 Å². The van der Waals surface area contributed by atoms with Gasteiger partial charge in [0.15, 0.2) is 0 Å². The Bertz CT molecular complexity index is 1240. The van der Waals surface area contributed by atoms with Crippen molar-refractivity contribution in [3.05, 3.63) is 80.1 Å². The first-order valence-corrected chi connectivity index (χ1v) is 11.0. The lowest BCUT2D eigenvalue weighted by Gasteiger charge is -2.10. The number of carbonyl (C=O) groups is 2. The number of nitrogens with two attached hydrogens (primary N) is 1. The van der Waals surface area contributed by atoms with Gasteiger partial charge in [-0.25, -0.2) is 0 Å². The molecule has 5 N–H and O–H groups in total. The maximum absolute atomic E-state index is 12.3. The molecule has 0 aromatic heterocycles. The van der Waals surface area contributed by atoms with Crippen LogP contribution in [0.4, 0.5) is 21.6 Å². The van der Waals surface area contributed by atoms with E-state index in [9.17, 15) is 23.7 Å². The molecule has 11 nitrogen and oxygen atoms in total. The Labute approximate surface area is 204 Å². The van der Waals surface area contributed by atoms with E-state index in [1.54, 1.807) is 24.3 Å². The Hall–Kier alpha value is -4.29. The van der Waals surface area contributed by atoms with E-state index >= 15 is 0 Å². The highest BCUT2D eigenvalue weighted by Crippen LogP contribution is 2.23. The molecule has 0 aliphatic rings. The molecule has 2 amide bonds. The molecule has 3 aromatic carbocycles. The van der Waals surface area contributed by atoms with Crippen molar-refractivity contribution in [3.63, 3.8) is 0 Å². The maximum Gasteiger partial charge on any atom is 0.276 e. The van der Waals surface area contributed by atoms with Gasteiger partial charge in [-0.2, -0.15) is 0 Å². The van der Waals surface area contributed by atoms with Crippen molar-refractivity contribution < 1.29 is 28.5 Å². The van der Waals surface area contributed by atoms with Gasteiger partial charge in [0.25, 0.3) is 28.4 Å². The first-order chi connectivity index (χ1) is 17.4. The molecule has 0 aliphatic carbocycles. The summed E-state index contributed by atoms with van der Waals surface area (Å²) in [5.74, 6) is -1.21. The number of rotatable bonds is 14. The van der Waals surface area contributed by atoms with Gasteiger partial charge in [-0.3, -0.25) is 24.1 Å². The van der Waals surface area contributed by atoms with E-state index in [1.165, 1.54) is 24.3 Å². The van der Waals surface area contributed by atoms with Crippen molar-refractivity contribution in [2.75, 3.05) is 50.6 Å². The molecule has 3 aromatic rings. The van der Waals surface area contributed by atoms with Crippen molar-refractivity contribution in [1.82, 2.24) is 10.6 Å². The number of nitrogen functional groups attached to an aromatic ring is 1. The number of amides is 2. The first kappa shape index (κ1) is 26.3. The van der Waals surface area contributed by atoms with E-state index in [2.05, 4.69) is 20.9 Å². The van der Waals surface area contributed by atoms with Gasteiger partial charge in [-0.1, -0.05) is 0 Å². The van der Waals surface area contributed by atoms with E-state index in [-0.39, 0.29) is 30.7 Å². The standard InChI is InChI=1S/C24H25FN4O7/c25-36-22-19(20(30)21(22)31)29-18-7-3-16(4-8-18)24(33)28-10-12-35-14-13-34-11-9-27-23(32)15-1-5-17(26)6-2-15/h1-8,29H,9-14,26H2,(H,27,32)(H,28,33). The average molecular weight is 500 g/mol. The van der Waals surface area contributed by atoms with Crippen molar-refractivity contribution in [1.29, 1.82) is 0 Å². The largest absolute Gasteiger partial charge is 0.399 e. The van der Waals surface area contributed by atoms with E-state index in [0.717, 1.165) is 0 Å². The molecule has 12 heteroatoms. The van der Waals surface area contributed by atoms with Gasteiger partial charge >= 0.3 is 0 Å². The minimum atomic E-state index is -1.04. The molecule has 0 heterocycles. The van der Waals surface area contributed by atoms with Crippen molar-refractivity contribution in [2.24, 2.45) is 0 Å². The van der Waals surface area contributed by atoms with Gasteiger partial charge in [0, 0.05) is 40.1 Å². The van der Waals surface area contributed by atoms with Gasteiger partial charge in [-0.05, 0) is 48.5 Å². The molecule has 3 rings (SSSR count). The SMILES string of the molecule is Nc1ccc(C(=O)NCCOCCOCCNC(=O)c2ccc(Nc3c(OF)c(=O)c3=O)cc2)cc1. The minimum Gasteiger partial charge on any atom is -0.399 e. The minimum absolute atomic E-state index is 0.209. The highest BCUT2D eigenvalue weighted by Gasteiger charge is 2.24. The van der Waals surface area contributed by atoms with Crippen LogP contribution in [0, 0.1) is 0 Å². The summed E-state index contributed by atoms with van der Waals surface area (Å²) in [5.41, 5.74) is 5.24. The third kappa shape index (κ3) is 7.10. The highest BCUT2D eigenvalue weighted by atomic mass is 19.3. The van der Waals surface area contributed by atoms with Crippen LogP contribution in [0.2, 0.25) is 0 Å². The van der Waals surface area contributed by atoms with Crippen LogP contribution in [0.15, 0.2) is 58.1 Å². The quantitative estimate of drug-likeness (QED) is 0.144. The van der Waals surface area contributed by atoms with Crippen LogP contribution in [-0.2, 0) is 9.47 Å². The second-order valence-electron chi connectivity index (χ2n) is 7.50. The molecular formula is C24H25FN4O7. The smallest absolute Gasteiger partial charge is 0.276 e. The highest BCUT2D eigenvalue weighted by molar-refractivity contribution is 5.95. The summed E-state index contributed by atoms with van der Waals surface area (Å²) in [4.78, 5) is 50.1. The number of carbonyl (C=O) groups excluding carboxylic acids is 2. The Kier molecular flexibility index (Phi) is 9.48. The van der Waals surface area contributed by atoms with Crippen LogP contribution in [0.25, 0.3) is 0 Å². The van der Waals surface area contributed by atoms with E-state index in [4.69, 9.17) is 15.2 Å². The zero-order chi connectivity index (χ0) is 25.9. The molecule has 0 saturated carbocycles. The Morgan fingerprint density at radius 3 is 1.75 bits per heavy atom. The number of hydrogen-bond acceptors (Lipinski definition) is 9. The monoisotopic (exact) mass is 500 g/mol. The zero-order valence-electron chi connectivity index (χ0n) is 19.2. The van der Waals surface area contributed by atoms with Crippen LogP contribution in [0.1, 0.15) is 20.7 Å². The number of nitrogens with one attached hydrogen (secondary N) is 3. The van der Waals surface area contributed by atoms with Crippen LogP contribution < -0.4 is 37.5 Å². The number of benzene rings is 2. The van der Waals surface area contributed by atoms with E-state index in [1.807, 2.05) is 0 Å². The molecule has 0 saturated heterocycles. The molecule has 0 fully saturated rings. The van der Waals surface area contributed by atoms with Gasteiger partial charge in [0.05, 0.1) is 26.4 Å². The van der Waals surface area contributed by atoms with Crippen LogP contribution in [-0.4, -0.2) is 51.3 Å². The second kappa shape index (κ2) is 13.0. The maximum atomic E-state index is 12.3. The first-order valence-electron chi connectivity index (χ1n) is 11.0. The van der Waals surface area contributed by atoms with Crippen LogP contribution in [0.3, 0.4) is 0 Å². The predicted octanol–water partition coefficient (Wildman–Crippen LogP) is 1.06. The van der Waals surface area contributed by atoms with Crippen LogP contribution >= 0.6 is 0 Å². The Morgan fingerprint density at radius 1 is 0.750 bits per heavy atom. The molecule has 0 unspecified atom stereocenters.